The third kappa shape index (κ3) is 6.01. The van der Waals surface area contributed by atoms with Gasteiger partial charge in [0.2, 0.25) is 5.91 Å². The van der Waals surface area contributed by atoms with Crippen LogP contribution in [-0.4, -0.2) is 17.6 Å². The number of aliphatic hydroxyl groups excluding tert-OH is 1. The monoisotopic (exact) mass is 287 g/mol. The average molecular weight is 287 g/mol. The van der Waals surface area contributed by atoms with Gasteiger partial charge >= 0.3 is 0 Å². The molecule has 2 N–H and O–H groups in total. The summed E-state index contributed by atoms with van der Waals surface area (Å²) in [6, 6.07) is 7.85. The van der Waals surface area contributed by atoms with E-state index in [1.165, 1.54) is 0 Å². The molecule has 2 atom stereocenters. The molecule has 21 heavy (non-hydrogen) atoms. The molecule has 0 saturated heterocycles. The Morgan fingerprint density at radius 2 is 1.95 bits per heavy atom. The Hall–Kier alpha value is -1.79. The first-order chi connectivity index (χ1) is 10.1. The van der Waals surface area contributed by atoms with E-state index < -0.39 is 0 Å². The molecule has 0 spiro atoms. The maximum Gasteiger partial charge on any atom is 0.223 e. The Morgan fingerprint density at radius 1 is 1.29 bits per heavy atom. The number of nitrogens with one attached hydrogen (secondary N) is 1. The van der Waals surface area contributed by atoms with Crippen LogP contribution in [0.4, 0.5) is 0 Å². The highest BCUT2D eigenvalue weighted by Crippen LogP contribution is 2.15. The predicted molar refractivity (Wildman–Crippen MR) is 85.7 cm³/mol. The molecule has 0 fully saturated rings. The zero-order valence-corrected chi connectivity index (χ0v) is 13.1. The fourth-order valence-corrected chi connectivity index (χ4v) is 2.08. The van der Waals surface area contributed by atoms with Crippen LogP contribution in [0, 0.1) is 17.8 Å². The molecule has 114 valence electrons. The van der Waals surface area contributed by atoms with Crippen LogP contribution in [0.3, 0.4) is 0 Å². The number of benzene rings is 1. The molecular formula is C18H25NO2. The molecule has 0 aliphatic carbocycles. The lowest BCUT2D eigenvalue weighted by atomic mass is 10.0. The Bertz CT molecular complexity index is 496. The van der Waals surface area contributed by atoms with Crippen LogP contribution < -0.4 is 5.32 Å². The summed E-state index contributed by atoms with van der Waals surface area (Å²) in [4.78, 5) is 12.0. The van der Waals surface area contributed by atoms with E-state index in [2.05, 4.69) is 24.1 Å². The van der Waals surface area contributed by atoms with Crippen LogP contribution in [0.2, 0.25) is 0 Å². The van der Waals surface area contributed by atoms with Crippen LogP contribution >= 0.6 is 0 Å². The first-order valence-electron chi connectivity index (χ1n) is 7.58. The van der Waals surface area contributed by atoms with E-state index in [4.69, 9.17) is 5.11 Å². The Kier molecular flexibility index (Phi) is 7.56. The lowest BCUT2D eigenvalue weighted by molar-refractivity contribution is -0.125. The van der Waals surface area contributed by atoms with Crippen molar-refractivity contribution in [2.75, 3.05) is 6.61 Å². The van der Waals surface area contributed by atoms with E-state index in [-0.39, 0.29) is 24.5 Å². The second-order valence-electron chi connectivity index (χ2n) is 5.32. The van der Waals surface area contributed by atoms with Gasteiger partial charge in [0.1, 0.15) is 0 Å². The molecule has 2 unspecified atom stereocenters. The summed E-state index contributed by atoms with van der Waals surface area (Å²) < 4.78 is 0. The lowest BCUT2D eigenvalue weighted by Crippen LogP contribution is -2.31. The van der Waals surface area contributed by atoms with Crippen LogP contribution in [0.25, 0.3) is 0 Å². The molecule has 0 bridgehead atoms. The van der Waals surface area contributed by atoms with Gasteiger partial charge in [0, 0.05) is 17.9 Å². The van der Waals surface area contributed by atoms with E-state index in [9.17, 15) is 4.79 Å². The summed E-state index contributed by atoms with van der Waals surface area (Å²) in [5.41, 5.74) is 1.99. The van der Waals surface area contributed by atoms with Crippen molar-refractivity contribution in [2.24, 2.45) is 5.92 Å². The van der Waals surface area contributed by atoms with Crippen LogP contribution in [0.15, 0.2) is 24.3 Å². The van der Waals surface area contributed by atoms with Gasteiger partial charge in [-0.2, -0.15) is 0 Å². The zero-order valence-electron chi connectivity index (χ0n) is 13.1. The average Bonchev–Trinajstić information content (AvgIpc) is 2.48. The van der Waals surface area contributed by atoms with Gasteiger partial charge < -0.3 is 10.4 Å². The SMILES string of the molecule is CCCC(C)C(=O)NC(C)c1ccc(C#CCCO)cc1. The third-order valence-corrected chi connectivity index (χ3v) is 3.41. The van der Waals surface area contributed by atoms with E-state index in [1.807, 2.05) is 38.1 Å². The molecule has 1 amide bonds. The van der Waals surface area contributed by atoms with E-state index in [1.54, 1.807) is 0 Å². The summed E-state index contributed by atoms with van der Waals surface area (Å²) in [5, 5.41) is 11.7. The number of hydrogen-bond donors (Lipinski definition) is 2. The first-order valence-corrected chi connectivity index (χ1v) is 7.58. The Morgan fingerprint density at radius 3 is 2.52 bits per heavy atom. The maximum absolute atomic E-state index is 12.0. The molecule has 3 heteroatoms. The fourth-order valence-electron chi connectivity index (χ4n) is 2.08. The largest absolute Gasteiger partial charge is 0.395 e. The van der Waals surface area contributed by atoms with Gasteiger partial charge in [0.25, 0.3) is 0 Å². The van der Waals surface area contributed by atoms with Gasteiger partial charge in [-0.3, -0.25) is 4.79 Å². The molecule has 1 aromatic carbocycles. The van der Waals surface area contributed by atoms with Crippen molar-refractivity contribution < 1.29 is 9.90 Å². The van der Waals surface area contributed by atoms with Gasteiger partial charge in [0.15, 0.2) is 0 Å². The van der Waals surface area contributed by atoms with E-state index in [0.717, 1.165) is 24.0 Å². The predicted octanol–water partition coefficient (Wildman–Crippen LogP) is 3.03. The van der Waals surface area contributed by atoms with Crippen molar-refractivity contribution in [3.63, 3.8) is 0 Å². The third-order valence-electron chi connectivity index (χ3n) is 3.41. The number of aliphatic hydroxyl groups is 1. The second kappa shape index (κ2) is 9.20. The Balaban J connectivity index is 2.61. The summed E-state index contributed by atoms with van der Waals surface area (Å²) in [6.45, 7) is 6.13. The quantitative estimate of drug-likeness (QED) is 0.790. The summed E-state index contributed by atoms with van der Waals surface area (Å²) >= 11 is 0. The number of amides is 1. The molecule has 1 rings (SSSR count). The molecule has 0 heterocycles. The normalized spacial score (nSPS) is 13.0. The molecule has 0 aliphatic rings. The van der Waals surface area contributed by atoms with Crippen LogP contribution in [-0.2, 0) is 4.79 Å². The van der Waals surface area contributed by atoms with Crippen LogP contribution in [0.5, 0.6) is 0 Å². The molecule has 0 radical (unpaired) electrons. The van der Waals surface area contributed by atoms with Gasteiger partial charge in [-0.05, 0) is 31.0 Å². The summed E-state index contributed by atoms with van der Waals surface area (Å²) in [6.07, 6.45) is 2.42. The topological polar surface area (TPSA) is 49.3 Å². The molecule has 3 nitrogen and oxygen atoms in total. The first kappa shape index (κ1) is 17.3. The van der Waals surface area contributed by atoms with E-state index in [0.29, 0.717) is 6.42 Å². The minimum absolute atomic E-state index is 0.00347. The standard InChI is InChI=1S/C18H25NO2/c1-4-7-14(2)18(21)19-15(3)17-11-9-16(10-12-17)8-5-6-13-20/h9-12,14-15,20H,4,6-7,13H2,1-3H3,(H,19,21). The highest BCUT2D eigenvalue weighted by atomic mass is 16.2. The van der Waals surface area contributed by atoms with Crippen molar-refractivity contribution >= 4 is 5.91 Å². The fraction of sp³-hybridized carbons (Fsp3) is 0.500. The van der Waals surface area contributed by atoms with Crippen molar-refractivity contribution in [3.8, 4) is 11.8 Å². The van der Waals surface area contributed by atoms with Crippen molar-refractivity contribution in [2.45, 2.75) is 46.1 Å². The number of hydrogen-bond acceptors (Lipinski definition) is 2. The molecule has 0 aliphatic heterocycles. The highest BCUT2D eigenvalue weighted by molar-refractivity contribution is 5.78. The number of rotatable bonds is 6. The smallest absolute Gasteiger partial charge is 0.223 e. The van der Waals surface area contributed by atoms with Gasteiger partial charge in [0.05, 0.1) is 12.6 Å². The zero-order chi connectivity index (χ0) is 15.7. The number of carbonyl (C=O) groups excluding carboxylic acids is 1. The van der Waals surface area contributed by atoms with Gasteiger partial charge in [-0.25, -0.2) is 0 Å². The summed E-state index contributed by atoms with van der Waals surface area (Å²) in [7, 11) is 0. The summed E-state index contributed by atoms with van der Waals surface area (Å²) in [5.74, 6) is 6.05. The number of carbonyl (C=O) groups is 1. The van der Waals surface area contributed by atoms with Gasteiger partial charge in [-0.15, -0.1) is 0 Å². The highest BCUT2D eigenvalue weighted by Gasteiger charge is 2.15. The minimum Gasteiger partial charge on any atom is -0.395 e. The van der Waals surface area contributed by atoms with Crippen molar-refractivity contribution in [1.82, 2.24) is 5.32 Å². The van der Waals surface area contributed by atoms with Crippen LogP contribution in [0.1, 0.15) is 57.2 Å². The lowest BCUT2D eigenvalue weighted by Gasteiger charge is -2.17. The van der Waals surface area contributed by atoms with Crippen molar-refractivity contribution in [3.05, 3.63) is 35.4 Å². The molecule has 0 saturated carbocycles. The van der Waals surface area contributed by atoms with Gasteiger partial charge in [-0.1, -0.05) is 44.2 Å². The van der Waals surface area contributed by atoms with E-state index >= 15 is 0 Å². The molecule has 1 aromatic rings. The Labute approximate surface area is 127 Å². The second-order valence-corrected chi connectivity index (χ2v) is 5.32. The van der Waals surface area contributed by atoms with Crippen molar-refractivity contribution in [1.29, 1.82) is 0 Å². The minimum atomic E-state index is -0.00347. The molecular weight excluding hydrogens is 262 g/mol. The maximum atomic E-state index is 12.0. The molecule has 0 aromatic heterocycles.